The lowest BCUT2D eigenvalue weighted by atomic mass is 9.88. The first-order valence-corrected chi connectivity index (χ1v) is 7.31. The molecule has 0 bridgehead atoms. The molecule has 0 aromatic rings. The number of rotatable bonds is 9. The molecule has 0 spiro atoms. The van der Waals surface area contributed by atoms with Gasteiger partial charge in [-0.15, -0.1) is 0 Å². The minimum Gasteiger partial charge on any atom is -0.315 e. The Balaban J connectivity index is 3.24. The molecule has 0 aliphatic carbocycles. The predicted octanol–water partition coefficient (Wildman–Crippen LogP) is 3.57. The molecule has 0 heterocycles. The van der Waals surface area contributed by atoms with E-state index in [1.165, 1.54) is 32.2 Å². The van der Waals surface area contributed by atoms with Crippen LogP contribution < -0.4 is 10.6 Å². The third-order valence-electron chi connectivity index (χ3n) is 3.41. The third-order valence-corrected chi connectivity index (χ3v) is 3.41. The molecule has 0 saturated carbocycles. The maximum atomic E-state index is 3.62. The van der Waals surface area contributed by atoms with Crippen LogP contribution in [0.5, 0.6) is 0 Å². The third kappa shape index (κ3) is 10.8. The predicted molar refractivity (Wildman–Crippen MR) is 78.5 cm³/mol. The first-order chi connectivity index (χ1) is 7.84. The van der Waals surface area contributed by atoms with Gasteiger partial charge in [0.2, 0.25) is 0 Å². The molecule has 2 heteroatoms. The van der Waals surface area contributed by atoms with E-state index in [4.69, 9.17) is 0 Å². The van der Waals surface area contributed by atoms with Crippen molar-refractivity contribution in [1.29, 1.82) is 0 Å². The second kappa shape index (κ2) is 8.93. The number of hydrogen-bond donors (Lipinski definition) is 2. The molecule has 0 amide bonds. The lowest BCUT2D eigenvalue weighted by Crippen LogP contribution is -2.38. The molecule has 2 nitrogen and oxygen atoms in total. The van der Waals surface area contributed by atoms with Gasteiger partial charge in [-0.05, 0) is 38.3 Å². The summed E-state index contributed by atoms with van der Waals surface area (Å²) in [7, 11) is 0. The van der Waals surface area contributed by atoms with Crippen molar-refractivity contribution >= 4 is 0 Å². The van der Waals surface area contributed by atoms with E-state index >= 15 is 0 Å². The summed E-state index contributed by atoms with van der Waals surface area (Å²) in [6.07, 6.45) is 5.32. The normalized spacial score (nSPS) is 14.3. The van der Waals surface area contributed by atoms with Gasteiger partial charge in [-0.3, -0.25) is 0 Å². The van der Waals surface area contributed by atoms with Crippen molar-refractivity contribution in [3.63, 3.8) is 0 Å². The summed E-state index contributed by atoms with van der Waals surface area (Å²) in [5.74, 6) is 0. The highest BCUT2D eigenvalue weighted by Gasteiger charge is 2.18. The average Bonchev–Trinajstić information content (AvgIpc) is 2.19. The van der Waals surface area contributed by atoms with Crippen LogP contribution in [0.4, 0.5) is 0 Å². The summed E-state index contributed by atoms with van der Waals surface area (Å²) in [5.41, 5.74) is 0.376. The largest absolute Gasteiger partial charge is 0.315 e. The molecule has 0 rings (SSSR count). The van der Waals surface area contributed by atoms with E-state index < -0.39 is 0 Å². The summed E-state index contributed by atoms with van der Waals surface area (Å²) in [6, 6.07) is 1.23. The van der Waals surface area contributed by atoms with Crippen molar-refractivity contribution in [2.24, 2.45) is 5.41 Å². The molecule has 2 N–H and O–H groups in total. The van der Waals surface area contributed by atoms with Gasteiger partial charge < -0.3 is 10.6 Å². The van der Waals surface area contributed by atoms with Gasteiger partial charge in [0, 0.05) is 12.1 Å². The van der Waals surface area contributed by atoms with Gasteiger partial charge in [0.15, 0.2) is 0 Å². The molecule has 0 aliphatic heterocycles. The van der Waals surface area contributed by atoms with E-state index in [9.17, 15) is 0 Å². The van der Waals surface area contributed by atoms with Crippen LogP contribution in [0.2, 0.25) is 0 Å². The highest BCUT2D eigenvalue weighted by molar-refractivity contribution is 4.75. The van der Waals surface area contributed by atoms with Gasteiger partial charge >= 0.3 is 0 Å². The molecule has 1 atom stereocenters. The lowest BCUT2D eigenvalue weighted by Gasteiger charge is -2.28. The minimum absolute atomic E-state index is 0.376. The monoisotopic (exact) mass is 242 g/mol. The molecule has 0 aromatic heterocycles. The first-order valence-electron chi connectivity index (χ1n) is 7.31. The fourth-order valence-electron chi connectivity index (χ4n) is 1.62. The summed E-state index contributed by atoms with van der Waals surface area (Å²) < 4.78 is 0. The minimum atomic E-state index is 0.376. The Bertz CT molecular complexity index is 170. The van der Waals surface area contributed by atoms with E-state index in [2.05, 4.69) is 52.2 Å². The van der Waals surface area contributed by atoms with Gasteiger partial charge in [0.05, 0.1) is 0 Å². The molecule has 0 fully saturated rings. The topological polar surface area (TPSA) is 24.1 Å². The van der Waals surface area contributed by atoms with Crippen LogP contribution >= 0.6 is 0 Å². The van der Waals surface area contributed by atoms with Crippen LogP contribution in [-0.2, 0) is 0 Å². The summed E-state index contributed by atoms with van der Waals surface area (Å²) in [5, 5.41) is 7.07. The molecule has 1 unspecified atom stereocenters. The molecule has 104 valence electrons. The second-order valence-corrected chi connectivity index (χ2v) is 6.56. The van der Waals surface area contributed by atoms with Crippen molar-refractivity contribution in [3.05, 3.63) is 0 Å². The summed E-state index contributed by atoms with van der Waals surface area (Å²) in [4.78, 5) is 0. The molecule has 0 aliphatic rings. The fraction of sp³-hybridized carbons (Fsp3) is 1.00. The van der Waals surface area contributed by atoms with Crippen LogP contribution in [0, 0.1) is 5.41 Å². The van der Waals surface area contributed by atoms with Gasteiger partial charge in [-0.2, -0.15) is 0 Å². The van der Waals surface area contributed by atoms with Crippen LogP contribution in [0.1, 0.15) is 67.2 Å². The molecule has 0 aromatic carbocycles. The van der Waals surface area contributed by atoms with E-state index in [-0.39, 0.29) is 0 Å². The standard InChI is InChI=1S/C15H34N2/c1-13(2)16-11-9-7-8-10-12-17-14(3)15(4,5)6/h13-14,16-17H,7-12H2,1-6H3. The van der Waals surface area contributed by atoms with Crippen molar-refractivity contribution in [1.82, 2.24) is 10.6 Å². The molecule has 0 saturated heterocycles. The van der Waals surface area contributed by atoms with Crippen molar-refractivity contribution in [2.75, 3.05) is 13.1 Å². The average molecular weight is 242 g/mol. The van der Waals surface area contributed by atoms with Crippen molar-refractivity contribution in [2.45, 2.75) is 79.3 Å². The van der Waals surface area contributed by atoms with E-state index in [0.29, 0.717) is 17.5 Å². The van der Waals surface area contributed by atoms with E-state index in [1.54, 1.807) is 0 Å². The Morgan fingerprint density at radius 1 is 0.765 bits per heavy atom. The molecular formula is C15H34N2. The van der Waals surface area contributed by atoms with Crippen LogP contribution in [0.15, 0.2) is 0 Å². The molecular weight excluding hydrogens is 208 g/mol. The van der Waals surface area contributed by atoms with Gasteiger partial charge in [-0.25, -0.2) is 0 Å². The Morgan fingerprint density at radius 2 is 1.24 bits per heavy atom. The quantitative estimate of drug-likeness (QED) is 0.604. The molecule has 17 heavy (non-hydrogen) atoms. The zero-order valence-corrected chi connectivity index (χ0v) is 12.9. The SMILES string of the molecule is CC(C)NCCCCCCNC(C)C(C)(C)C. The summed E-state index contributed by atoms with van der Waals surface area (Å²) in [6.45, 7) is 15.9. The summed E-state index contributed by atoms with van der Waals surface area (Å²) >= 11 is 0. The van der Waals surface area contributed by atoms with Gasteiger partial charge in [0.1, 0.15) is 0 Å². The van der Waals surface area contributed by atoms with Crippen molar-refractivity contribution < 1.29 is 0 Å². The van der Waals surface area contributed by atoms with Gasteiger partial charge in [-0.1, -0.05) is 47.5 Å². The van der Waals surface area contributed by atoms with Crippen LogP contribution in [0.3, 0.4) is 0 Å². The fourth-order valence-corrected chi connectivity index (χ4v) is 1.62. The highest BCUT2D eigenvalue weighted by atomic mass is 14.9. The Morgan fingerprint density at radius 3 is 1.65 bits per heavy atom. The number of nitrogens with one attached hydrogen (secondary N) is 2. The Hall–Kier alpha value is -0.0800. The van der Waals surface area contributed by atoms with Gasteiger partial charge in [0.25, 0.3) is 0 Å². The second-order valence-electron chi connectivity index (χ2n) is 6.56. The Kier molecular flexibility index (Phi) is 8.89. The smallest absolute Gasteiger partial charge is 0.00872 e. The number of hydrogen-bond acceptors (Lipinski definition) is 2. The van der Waals surface area contributed by atoms with E-state index in [0.717, 1.165) is 6.54 Å². The van der Waals surface area contributed by atoms with E-state index in [1.807, 2.05) is 0 Å². The highest BCUT2D eigenvalue weighted by Crippen LogP contribution is 2.18. The van der Waals surface area contributed by atoms with Crippen molar-refractivity contribution in [3.8, 4) is 0 Å². The maximum absolute atomic E-state index is 3.62. The van der Waals surface area contributed by atoms with Crippen LogP contribution in [-0.4, -0.2) is 25.2 Å². The lowest BCUT2D eigenvalue weighted by molar-refractivity contribution is 0.285. The first kappa shape index (κ1) is 16.9. The van der Waals surface area contributed by atoms with Crippen LogP contribution in [0.25, 0.3) is 0 Å². The zero-order valence-electron chi connectivity index (χ0n) is 12.9. The Labute approximate surface area is 109 Å². The maximum Gasteiger partial charge on any atom is 0.00872 e. The molecule has 0 radical (unpaired) electrons. The zero-order chi connectivity index (χ0) is 13.3. The number of unbranched alkanes of at least 4 members (excludes halogenated alkanes) is 3.